The number of thioether (sulfide) groups is 1. The molecule has 0 radical (unpaired) electrons. The zero-order chi connectivity index (χ0) is 16.5. The number of hydrogen-bond donors (Lipinski definition) is 1. The third-order valence-electron chi connectivity index (χ3n) is 4.49. The molecule has 1 aromatic rings. The van der Waals surface area contributed by atoms with Crippen molar-refractivity contribution in [3.8, 4) is 0 Å². The molecule has 0 bridgehead atoms. The first-order valence-corrected chi connectivity index (χ1v) is 9.83. The van der Waals surface area contributed by atoms with Gasteiger partial charge in [-0.1, -0.05) is 33.1 Å². The topological polar surface area (TPSA) is 45.2 Å². The summed E-state index contributed by atoms with van der Waals surface area (Å²) in [4.78, 5) is 19.1. The predicted molar refractivity (Wildman–Crippen MR) is 97.1 cm³/mol. The fourth-order valence-electron chi connectivity index (χ4n) is 2.93. The molecule has 0 saturated heterocycles. The molecule has 1 fully saturated rings. The van der Waals surface area contributed by atoms with E-state index >= 15 is 0 Å². The summed E-state index contributed by atoms with van der Waals surface area (Å²) < 4.78 is 0. The van der Waals surface area contributed by atoms with E-state index in [2.05, 4.69) is 29.0 Å². The Labute approximate surface area is 144 Å². The van der Waals surface area contributed by atoms with Gasteiger partial charge in [0.2, 0.25) is 0 Å². The first-order chi connectivity index (χ1) is 11.2. The smallest absolute Gasteiger partial charge is 0.253 e. The Balaban J connectivity index is 1.78. The minimum atomic E-state index is 0.0177. The van der Waals surface area contributed by atoms with Crippen LogP contribution in [0.4, 0.5) is 0 Å². The first-order valence-electron chi connectivity index (χ1n) is 8.85. The van der Waals surface area contributed by atoms with Gasteiger partial charge in [0.1, 0.15) is 0 Å². The third kappa shape index (κ3) is 6.15. The lowest BCUT2D eigenvalue weighted by molar-refractivity contribution is 0.0927. The van der Waals surface area contributed by atoms with Crippen molar-refractivity contribution in [2.45, 2.75) is 57.0 Å². The summed E-state index contributed by atoms with van der Waals surface area (Å²) in [6.07, 6.45) is 7.68. The summed E-state index contributed by atoms with van der Waals surface area (Å²) in [5.74, 6) is 1.05. The molecule has 0 atom stereocenters. The Morgan fingerprint density at radius 3 is 2.61 bits per heavy atom. The molecule has 4 nitrogen and oxygen atoms in total. The maximum absolute atomic E-state index is 12.2. The maximum Gasteiger partial charge on any atom is 0.253 e. The largest absolute Gasteiger partial charge is 0.349 e. The average molecular weight is 336 g/mol. The van der Waals surface area contributed by atoms with Gasteiger partial charge in [-0.25, -0.2) is 4.98 Å². The SMILES string of the molecule is CCN(CC)CCSc1ccc(C(=O)NC2CCCCC2)cn1. The molecule has 128 valence electrons. The third-order valence-corrected chi connectivity index (χ3v) is 5.41. The number of rotatable bonds is 8. The Bertz CT molecular complexity index is 468. The number of amides is 1. The van der Waals surface area contributed by atoms with E-state index in [1.165, 1.54) is 19.3 Å². The van der Waals surface area contributed by atoms with Crippen molar-refractivity contribution in [1.29, 1.82) is 0 Å². The maximum atomic E-state index is 12.2. The fourth-order valence-corrected chi connectivity index (χ4v) is 3.78. The molecule has 1 amide bonds. The fraction of sp³-hybridized carbons (Fsp3) is 0.667. The minimum Gasteiger partial charge on any atom is -0.349 e. The zero-order valence-electron chi connectivity index (χ0n) is 14.4. The first kappa shape index (κ1) is 18.3. The number of nitrogens with one attached hydrogen (secondary N) is 1. The Kier molecular flexibility index (Phi) is 7.89. The van der Waals surface area contributed by atoms with Gasteiger partial charge in [-0.3, -0.25) is 4.79 Å². The Morgan fingerprint density at radius 1 is 1.26 bits per heavy atom. The van der Waals surface area contributed by atoms with Crippen molar-refractivity contribution in [2.75, 3.05) is 25.4 Å². The second-order valence-electron chi connectivity index (χ2n) is 6.07. The number of aromatic nitrogens is 1. The van der Waals surface area contributed by atoms with Crippen LogP contribution in [0.2, 0.25) is 0 Å². The van der Waals surface area contributed by atoms with Crippen LogP contribution in [0.25, 0.3) is 0 Å². The molecule has 2 rings (SSSR count). The van der Waals surface area contributed by atoms with Crippen LogP contribution >= 0.6 is 11.8 Å². The van der Waals surface area contributed by atoms with Gasteiger partial charge in [-0.15, -0.1) is 11.8 Å². The van der Waals surface area contributed by atoms with Crippen molar-refractivity contribution in [1.82, 2.24) is 15.2 Å². The molecule has 1 saturated carbocycles. The molecule has 0 spiro atoms. The van der Waals surface area contributed by atoms with Crippen LogP contribution in [0.5, 0.6) is 0 Å². The minimum absolute atomic E-state index is 0.0177. The lowest BCUT2D eigenvalue weighted by Gasteiger charge is -2.22. The van der Waals surface area contributed by atoms with E-state index in [0.717, 1.165) is 43.3 Å². The quantitative estimate of drug-likeness (QED) is 0.738. The second kappa shape index (κ2) is 9.93. The van der Waals surface area contributed by atoms with Crippen LogP contribution in [-0.4, -0.2) is 47.2 Å². The number of hydrogen-bond acceptors (Lipinski definition) is 4. The van der Waals surface area contributed by atoms with Crippen LogP contribution in [-0.2, 0) is 0 Å². The normalized spacial score (nSPS) is 15.8. The molecule has 0 aromatic carbocycles. The summed E-state index contributed by atoms with van der Waals surface area (Å²) in [6.45, 7) is 7.62. The Morgan fingerprint density at radius 2 is 2.00 bits per heavy atom. The lowest BCUT2D eigenvalue weighted by Crippen LogP contribution is -2.36. The van der Waals surface area contributed by atoms with E-state index in [0.29, 0.717) is 11.6 Å². The van der Waals surface area contributed by atoms with Crippen LogP contribution < -0.4 is 5.32 Å². The van der Waals surface area contributed by atoms with Gasteiger partial charge in [0.05, 0.1) is 10.6 Å². The number of carbonyl (C=O) groups is 1. The van der Waals surface area contributed by atoms with Crippen LogP contribution in [0, 0.1) is 0 Å². The molecule has 23 heavy (non-hydrogen) atoms. The lowest BCUT2D eigenvalue weighted by atomic mass is 9.95. The average Bonchev–Trinajstić information content (AvgIpc) is 2.60. The summed E-state index contributed by atoms with van der Waals surface area (Å²) in [5.41, 5.74) is 0.670. The van der Waals surface area contributed by atoms with Crippen molar-refractivity contribution in [3.63, 3.8) is 0 Å². The van der Waals surface area contributed by atoms with Crippen molar-refractivity contribution >= 4 is 17.7 Å². The Hall–Kier alpha value is -1.07. The highest BCUT2D eigenvalue weighted by Gasteiger charge is 2.16. The van der Waals surface area contributed by atoms with Crippen LogP contribution in [0.15, 0.2) is 23.4 Å². The highest BCUT2D eigenvalue weighted by molar-refractivity contribution is 7.99. The van der Waals surface area contributed by atoms with Gasteiger partial charge in [0, 0.05) is 24.5 Å². The van der Waals surface area contributed by atoms with E-state index in [-0.39, 0.29) is 5.91 Å². The number of pyridine rings is 1. The van der Waals surface area contributed by atoms with Crippen molar-refractivity contribution < 1.29 is 4.79 Å². The molecule has 1 N–H and O–H groups in total. The summed E-state index contributed by atoms with van der Waals surface area (Å²) in [6, 6.07) is 4.20. The van der Waals surface area contributed by atoms with Gasteiger partial charge in [-0.05, 0) is 38.1 Å². The van der Waals surface area contributed by atoms with E-state index < -0.39 is 0 Å². The molecule has 1 aliphatic rings. The molecule has 1 aliphatic carbocycles. The molecular formula is C18H29N3OS. The molecule has 5 heteroatoms. The zero-order valence-corrected chi connectivity index (χ0v) is 15.2. The second-order valence-corrected chi connectivity index (χ2v) is 7.18. The molecular weight excluding hydrogens is 306 g/mol. The molecule has 1 heterocycles. The van der Waals surface area contributed by atoms with Gasteiger partial charge in [-0.2, -0.15) is 0 Å². The highest BCUT2D eigenvalue weighted by atomic mass is 32.2. The van der Waals surface area contributed by atoms with Gasteiger partial charge in [0.25, 0.3) is 5.91 Å². The summed E-state index contributed by atoms with van der Waals surface area (Å²) in [7, 11) is 0. The van der Waals surface area contributed by atoms with Crippen LogP contribution in [0.1, 0.15) is 56.3 Å². The van der Waals surface area contributed by atoms with E-state index in [4.69, 9.17) is 0 Å². The van der Waals surface area contributed by atoms with Gasteiger partial charge < -0.3 is 10.2 Å². The van der Waals surface area contributed by atoms with Gasteiger partial charge in [0.15, 0.2) is 0 Å². The van der Waals surface area contributed by atoms with E-state index in [1.54, 1.807) is 18.0 Å². The van der Waals surface area contributed by atoms with Crippen molar-refractivity contribution in [2.24, 2.45) is 0 Å². The number of nitrogens with zero attached hydrogens (tertiary/aromatic N) is 2. The molecule has 0 aliphatic heterocycles. The van der Waals surface area contributed by atoms with Gasteiger partial charge >= 0.3 is 0 Å². The summed E-state index contributed by atoms with van der Waals surface area (Å²) in [5, 5.41) is 4.13. The summed E-state index contributed by atoms with van der Waals surface area (Å²) >= 11 is 1.75. The molecule has 1 aromatic heterocycles. The predicted octanol–water partition coefficient (Wildman–Crippen LogP) is 3.58. The molecule has 0 unspecified atom stereocenters. The number of carbonyl (C=O) groups excluding carboxylic acids is 1. The highest BCUT2D eigenvalue weighted by Crippen LogP contribution is 2.19. The monoisotopic (exact) mass is 335 g/mol. The standard InChI is InChI=1S/C18H29N3OS/c1-3-21(4-2)12-13-23-17-11-10-15(14-19-17)18(22)20-16-8-6-5-7-9-16/h10-11,14,16H,3-9,12-13H2,1-2H3,(H,20,22). The van der Waals surface area contributed by atoms with E-state index in [9.17, 15) is 4.79 Å². The van der Waals surface area contributed by atoms with E-state index in [1.807, 2.05) is 12.1 Å². The van der Waals surface area contributed by atoms with Crippen LogP contribution in [0.3, 0.4) is 0 Å². The van der Waals surface area contributed by atoms with Crippen molar-refractivity contribution in [3.05, 3.63) is 23.9 Å².